The van der Waals surface area contributed by atoms with E-state index < -0.39 is 0 Å². The van der Waals surface area contributed by atoms with Crippen LogP contribution in [0.2, 0.25) is 0 Å². The van der Waals surface area contributed by atoms with Crippen LogP contribution in [-0.2, 0) is 6.42 Å². The van der Waals surface area contributed by atoms with E-state index in [2.05, 4.69) is 25.1 Å². The maximum absolute atomic E-state index is 6.27. The molecule has 0 aliphatic carbocycles. The molecule has 0 saturated heterocycles. The third-order valence-electron chi connectivity index (χ3n) is 3.10. The third-order valence-corrected chi connectivity index (χ3v) is 3.10. The van der Waals surface area contributed by atoms with Gasteiger partial charge in [-0.25, -0.2) is 0 Å². The first-order valence-electron chi connectivity index (χ1n) is 6.82. The monoisotopic (exact) mass is 255 g/mol. The van der Waals surface area contributed by atoms with Gasteiger partial charge in [-0.2, -0.15) is 0 Å². The molecular formula is C17H21NO. The summed E-state index contributed by atoms with van der Waals surface area (Å²) in [6, 6.07) is 18.3. The van der Waals surface area contributed by atoms with Crippen LogP contribution in [0.4, 0.5) is 0 Å². The predicted octanol–water partition coefficient (Wildman–Crippen LogP) is 3.72. The van der Waals surface area contributed by atoms with Gasteiger partial charge < -0.3 is 10.5 Å². The molecule has 0 spiro atoms. The molecule has 2 aromatic carbocycles. The van der Waals surface area contributed by atoms with Crippen molar-refractivity contribution >= 4 is 0 Å². The lowest BCUT2D eigenvalue weighted by Gasteiger charge is -2.15. The van der Waals surface area contributed by atoms with Gasteiger partial charge in [0.2, 0.25) is 0 Å². The molecule has 1 atom stereocenters. The summed E-state index contributed by atoms with van der Waals surface area (Å²) in [5, 5.41) is 0. The highest BCUT2D eigenvalue weighted by Gasteiger charge is 2.10. The van der Waals surface area contributed by atoms with E-state index in [9.17, 15) is 0 Å². The van der Waals surface area contributed by atoms with Crippen LogP contribution in [0.25, 0.3) is 0 Å². The van der Waals surface area contributed by atoms with Gasteiger partial charge in [-0.1, -0.05) is 55.5 Å². The van der Waals surface area contributed by atoms with Gasteiger partial charge >= 0.3 is 0 Å². The summed E-state index contributed by atoms with van der Waals surface area (Å²) in [4.78, 5) is 0. The Balaban J connectivity index is 2.10. The van der Waals surface area contributed by atoms with Crippen molar-refractivity contribution in [3.8, 4) is 5.75 Å². The molecule has 2 N–H and O–H groups in total. The van der Waals surface area contributed by atoms with Gasteiger partial charge in [0.25, 0.3) is 0 Å². The Morgan fingerprint density at radius 1 is 1.00 bits per heavy atom. The van der Waals surface area contributed by atoms with Crippen LogP contribution in [0, 0.1) is 0 Å². The van der Waals surface area contributed by atoms with Crippen molar-refractivity contribution < 1.29 is 4.74 Å². The summed E-state index contributed by atoms with van der Waals surface area (Å²) in [5.41, 5.74) is 8.60. The third kappa shape index (κ3) is 3.83. The fraction of sp³-hybridized carbons (Fsp3) is 0.294. The summed E-state index contributed by atoms with van der Waals surface area (Å²) in [6.45, 7) is 2.86. The fourth-order valence-electron chi connectivity index (χ4n) is 2.08. The minimum Gasteiger partial charge on any atom is -0.493 e. The first-order valence-corrected chi connectivity index (χ1v) is 6.82. The highest BCUT2D eigenvalue weighted by atomic mass is 16.5. The van der Waals surface area contributed by atoms with Crippen LogP contribution in [-0.4, -0.2) is 6.61 Å². The van der Waals surface area contributed by atoms with Gasteiger partial charge in [-0.3, -0.25) is 0 Å². The molecule has 2 nitrogen and oxygen atoms in total. The number of ether oxygens (including phenoxy) is 1. The molecular weight excluding hydrogens is 234 g/mol. The number of rotatable bonds is 6. The van der Waals surface area contributed by atoms with Crippen molar-refractivity contribution in [1.82, 2.24) is 0 Å². The SMILES string of the molecule is CCCOc1ccccc1CC(N)c1ccccc1. The van der Waals surface area contributed by atoms with Gasteiger partial charge in [0, 0.05) is 6.04 Å². The van der Waals surface area contributed by atoms with Crippen molar-refractivity contribution in [2.75, 3.05) is 6.61 Å². The van der Waals surface area contributed by atoms with Gasteiger partial charge in [0.05, 0.1) is 6.61 Å². The van der Waals surface area contributed by atoms with Crippen molar-refractivity contribution in [2.24, 2.45) is 5.73 Å². The minimum atomic E-state index is 0.00702. The normalized spacial score (nSPS) is 12.1. The zero-order valence-electron chi connectivity index (χ0n) is 11.4. The molecule has 0 bridgehead atoms. The van der Waals surface area contributed by atoms with Gasteiger partial charge in [-0.05, 0) is 30.0 Å². The van der Waals surface area contributed by atoms with Gasteiger partial charge in [-0.15, -0.1) is 0 Å². The van der Waals surface area contributed by atoms with Crippen LogP contribution in [0.3, 0.4) is 0 Å². The maximum Gasteiger partial charge on any atom is 0.122 e. The number of nitrogens with two attached hydrogens (primary N) is 1. The summed E-state index contributed by atoms with van der Waals surface area (Å²) in [7, 11) is 0. The first kappa shape index (κ1) is 13.6. The van der Waals surface area contributed by atoms with Crippen molar-refractivity contribution in [3.63, 3.8) is 0 Å². The van der Waals surface area contributed by atoms with E-state index in [-0.39, 0.29) is 6.04 Å². The molecule has 0 aliphatic rings. The number of hydrogen-bond donors (Lipinski definition) is 1. The zero-order valence-corrected chi connectivity index (χ0v) is 11.4. The Kier molecular flexibility index (Phi) is 4.99. The number of hydrogen-bond acceptors (Lipinski definition) is 2. The Morgan fingerprint density at radius 3 is 2.42 bits per heavy atom. The van der Waals surface area contributed by atoms with E-state index in [1.54, 1.807) is 0 Å². The lowest BCUT2D eigenvalue weighted by molar-refractivity contribution is 0.313. The Hall–Kier alpha value is -1.80. The molecule has 1 unspecified atom stereocenters. The Bertz CT molecular complexity index is 496. The second-order valence-corrected chi connectivity index (χ2v) is 4.68. The molecule has 2 rings (SSSR count). The molecule has 0 heterocycles. The maximum atomic E-state index is 6.27. The van der Waals surface area contributed by atoms with Crippen LogP contribution in [0.1, 0.15) is 30.5 Å². The first-order chi connectivity index (χ1) is 9.31. The molecule has 0 saturated carbocycles. The molecule has 19 heavy (non-hydrogen) atoms. The van der Waals surface area contributed by atoms with Crippen molar-refractivity contribution in [3.05, 3.63) is 65.7 Å². The molecule has 0 fully saturated rings. The van der Waals surface area contributed by atoms with E-state index in [4.69, 9.17) is 10.5 Å². The Labute approximate surface area is 115 Å². The highest BCUT2D eigenvalue weighted by Crippen LogP contribution is 2.23. The molecule has 0 aromatic heterocycles. The standard InChI is InChI=1S/C17H21NO/c1-2-12-19-17-11-7-6-10-15(17)13-16(18)14-8-4-3-5-9-14/h3-11,16H,2,12-13,18H2,1H3. The zero-order chi connectivity index (χ0) is 13.5. The molecule has 2 heteroatoms. The van der Waals surface area contributed by atoms with Crippen LogP contribution < -0.4 is 10.5 Å². The molecule has 2 aromatic rings. The van der Waals surface area contributed by atoms with Crippen molar-refractivity contribution in [2.45, 2.75) is 25.8 Å². The topological polar surface area (TPSA) is 35.2 Å². The number of benzene rings is 2. The van der Waals surface area contributed by atoms with Crippen LogP contribution in [0.5, 0.6) is 5.75 Å². The van der Waals surface area contributed by atoms with Crippen LogP contribution >= 0.6 is 0 Å². The summed E-state index contributed by atoms with van der Waals surface area (Å²) >= 11 is 0. The largest absolute Gasteiger partial charge is 0.493 e. The highest BCUT2D eigenvalue weighted by molar-refractivity contribution is 5.35. The quantitative estimate of drug-likeness (QED) is 0.854. The van der Waals surface area contributed by atoms with Gasteiger partial charge in [0.1, 0.15) is 5.75 Å². The van der Waals surface area contributed by atoms with E-state index in [0.717, 1.165) is 30.8 Å². The van der Waals surface area contributed by atoms with E-state index in [0.29, 0.717) is 0 Å². The molecule has 0 amide bonds. The number of para-hydroxylation sites is 1. The van der Waals surface area contributed by atoms with E-state index in [1.165, 1.54) is 5.56 Å². The average molecular weight is 255 g/mol. The molecule has 0 radical (unpaired) electrons. The smallest absolute Gasteiger partial charge is 0.122 e. The second-order valence-electron chi connectivity index (χ2n) is 4.68. The summed E-state index contributed by atoms with van der Waals surface area (Å²) in [5.74, 6) is 0.954. The fourth-order valence-corrected chi connectivity index (χ4v) is 2.08. The molecule has 0 aliphatic heterocycles. The van der Waals surface area contributed by atoms with E-state index in [1.807, 2.05) is 36.4 Å². The van der Waals surface area contributed by atoms with Gasteiger partial charge in [0.15, 0.2) is 0 Å². The lowest BCUT2D eigenvalue weighted by Crippen LogP contribution is -2.14. The second kappa shape index (κ2) is 6.95. The van der Waals surface area contributed by atoms with Crippen molar-refractivity contribution in [1.29, 1.82) is 0 Å². The van der Waals surface area contributed by atoms with Crippen LogP contribution in [0.15, 0.2) is 54.6 Å². The Morgan fingerprint density at radius 2 is 1.68 bits per heavy atom. The minimum absolute atomic E-state index is 0.00702. The lowest BCUT2D eigenvalue weighted by atomic mass is 9.99. The average Bonchev–Trinajstić information content (AvgIpc) is 2.47. The van der Waals surface area contributed by atoms with E-state index >= 15 is 0 Å². The predicted molar refractivity (Wildman–Crippen MR) is 79.3 cm³/mol. The summed E-state index contributed by atoms with van der Waals surface area (Å²) in [6.07, 6.45) is 1.81. The summed E-state index contributed by atoms with van der Waals surface area (Å²) < 4.78 is 5.77. The molecule has 100 valence electrons.